The second-order valence-electron chi connectivity index (χ2n) is 5.86. The van der Waals surface area contributed by atoms with Crippen molar-refractivity contribution in [2.45, 2.75) is 32.2 Å². The first-order chi connectivity index (χ1) is 11.8. The lowest BCUT2D eigenvalue weighted by atomic mass is 10.1. The molecule has 2 aromatic rings. The lowest BCUT2D eigenvalue weighted by Gasteiger charge is -2.24. The lowest BCUT2D eigenvalue weighted by Crippen LogP contribution is -2.37. The molecule has 0 spiro atoms. The van der Waals surface area contributed by atoms with Crippen molar-refractivity contribution in [2.24, 2.45) is 5.92 Å². The zero-order valence-electron chi connectivity index (χ0n) is 14.7. The van der Waals surface area contributed by atoms with Crippen molar-refractivity contribution < 1.29 is 22.5 Å². The molecule has 0 aliphatic heterocycles. The minimum atomic E-state index is -3.88. The van der Waals surface area contributed by atoms with Gasteiger partial charge in [0.25, 0.3) is 0 Å². The number of carbonyl (C=O) groups excluding carboxylic acids is 1. The van der Waals surface area contributed by atoms with E-state index in [-0.39, 0.29) is 23.7 Å². The number of methoxy groups -OCH3 is 1. The number of aryl methyl sites for hydroxylation is 2. The van der Waals surface area contributed by atoms with Crippen LogP contribution in [-0.2, 0) is 26.1 Å². The Labute approximate surface area is 147 Å². The maximum Gasteiger partial charge on any atom is 0.309 e. The largest absolute Gasteiger partial charge is 0.469 e. The second kappa shape index (κ2) is 7.79. The van der Waals surface area contributed by atoms with Crippen LogP contribution in [0, 0.1) is 19.8 Å². The molecule has 1 atom stereocenters. The van der Waals surface area contributed by atoms with Crippen molar-refractivity contribution in [2.75, 3.05) is 13.7 Å². The van der Waals surface area contributed by atoms with Crippen LogP contribution in [0.1, 0.15) is 23.9 Å². The van der Waals surface area contributed by atoms with Gasteiger partial charge in [-0.3, -0.25) is 4.79 Å². The maximum atomic E-state index is 13.2. The number of esters is 1. The van der Waals surface area contributed by atoms with E-state index in [1.165, 1.54) is 11.4 Å². The van der Waals surface area contributed by atoms with Crippen LogP contribution >= 0.6 is 0 Å². The molecule has 0 saturated heterocycles. The zero-order valence-corrected chi connectivity index (χ0v) is 15.5. The molecule has 0 saturated carbocycles. The van der Waals surface area contributed by atoms with E-state index in [0.717, 1.165) is 5.56 Å². The lowest BCUT2D eigenvalue weighted by molar-refractivity contribution is -0.145. The van der Waals surface area contributed by atoms with E-state index in [1.54, 1.807) is 20.8 Å². The van der Waals surface area contributed by atoms with Crippen molar-refractivity contribution in [3.05, 3.63) is 47.3 Å². The third-order valence-corrected chi connectivity index (χ3v) is 5.91. The molecule has 25 heavy (non-hydrogen) atoms. The summed E-state index contributed by atoms with van der Waals surface area (Å²) in [6, 6.07) is 9.19. The van der Waals surface area contributed by atoms with Crippen LogP contribution in [0.4, 0.5) is 0 Å². The smallest absolute Gasteiger partial charge is 0.309 e. The van der Waals surface area contributed by atoms with Crippen LogP contribution in [0.25, 0.3) is 0 Å². The standard InChI is InChI=1S/C17H22N2O5S/c1-12(17(20)23-4)10-19(11-15-8-6-5-7-9-15)25(21,22)16-13(2)18-24-14(16)3/h5-9,12H,10-11H2,1-4H3/t12-/m1/s1. The first-order valence-corrected chi connectivity index (χ1v) is 9.26. The molecule has 0 unspecified atom stereocenters. The summed E-state index contributed by atoms with van der Waals surface area (Å²) in [6.07, 6.45) is 0. The molecule has 7 nitrogen and oxygen atoms in total. The number of sulfonamides is 1. The number of benzene rings is 1. The van der Waals surface area contributed by atoms with Crippen molar-refractivity contribution >= 4 is 16.0 Å². The van der Waals surface area contributed by atoms with Gasteiger partial charge in [-0.15, -0.1) is 0 Å². The number of hydrogen-bond donors (Lipinski definition) is 0. The molecule has 0 amide bonds. The van der Waals surface area contributed by atoms with Gasteiger partial charge >= 0.3 is 5.97 Å². The molecular formula is C17H22N2O5S. The highest BCUT2D eigenvalue weighted by Gasteiger charge is 2.33. The van der Waals surface area contributed by atoms with E-state index in [0.29, 0.717) is 5.69 Å². The monoisotopic (exact) mass is 366 g/mol. The van der Waals surface area contributed by atoms with Gasteiger partial charge in [-0.05, 0) is 19.4 Å². The number of nitrogens with zero attached hydrogens (tertiary/aromatic N) is 2. The Bertz CT molecular complexity index is 810. The quantitative estimate of drug-likeness (QED) is 0.699. The molecule has 1 aromatic carbocycles. The number of aromatic nitrogens is 1. The summed E-state index contributed by atoms with van der Waals surface area (Å²) < 4.78 is 37.3. The molecule has 136 valence electrons. The van der Waals surface area contributed by atoms with E-state index >= 15 is 0 Å². The fourth-order valence-electron chi connectivity index (χ4n) is 2.59. The highest BCUT2D eigenvalue weighted by molar-refractivity contribution is 7.89. The van der Waals surface area contributed by atoms with Gasteiger partial charge < -0.3 is 9.26 Å². The SMILES string of the molecule is COC(=O)[C@H](C)CN(Cc1ccccc1)S(=O)(=O)c1c(C)noc1C. The molecule has 8 heteroatoms. The Hall–Kier alpha value is -2.19. The van der Waals surface area contributed by atoms with Gasteiger partial charge in [0, 0.05) is 13.1 Å². The molecule has 0 fully saturated rings. The Balaban J connectivity index is 2.41. The van der Waals surface area contributed by atoms with Gasteiger partial charge in [0.05, 0.1) is 13.0 Å². The predicted molar refractivity (Wildman–Crippen MR) is 91.2 cm³/mol. The highest BCUT2D eigenvalue weighted by atomic mass is 32.2. The predicted octanol–water partition coefficient (Wildman–Crippen LogP) is 2.29. The molecular weight excluding hydrogens is 344 g/mol. The van der Waals surface area contributed by atoms with Crippen LogP contribution < -0.4 is 0 Å². The van der Waals surface area contributed by atoms with Crippen molar-refractivity contribution in [1.29, 1.82) is 0 Å². The van der Waals surface area contributed by atoms with E-state index in [4.69, 9.17) is 9.26 Å². The zero-order chi connectivity index (χ0) is 18.6. The molecule has 0 bridgehead atoms. The van der Waals surface area contributed by atoms with E-state index < -0.39 is 21.9 Å². The van der Waals surface area contributed by atoms with Crippen molar-refractivity contribution in [1.82, 2.24) is 9.46 Å². The van der Waals surface area contributed by atoms with Crippen LogP contribution in [-0.4, -0.2) is 37.5 Å². The van der Waals surface area contributed by atoms with E-state index in [9.17, 15) is 13.2 Å². The molecule has 0 aliphatic rings. The van der Waals surface area contributed by atoms with E-state index in [2.05, 4.69) is 5.16 Å². The number of ether oxygens (including phenoxy) is 1. The van der Waals surface area contributed by atoms with Crippen LogP contribution in [0.3, 0.4) is 0 Å². The number of rotatable bonds is 7. The van der Waals surface area contributed by atoms with Crippen LogP contribution in [0.15, 0.2) is 39.8 Å². The van der Waals surface area contributed by atoms with Gasteiger partial charge in [-0.1, -0.05) is 42.4 Å². The fourth-order valence-corrected chi connectivity index (χ4v) is 4.40. The second-order valence-corrected chi connectivity index (χ2v) is 7.74. The molecule has 0 radical (unpaired) electrons. The number of carbonyl (C=O) groups is 1. The Kier molecular flexibility index (Phi) is 5.97. The van der Waals surface area contributed by atoms with Gasteiger partial charge in [-0.2, -0.15) is 4.31 Å². The maximum absolute atomic E-state index is 13.2. The number of hydrogen-bond acceptors (Lipinski definition) is 6. The summed E-state index contributed by atoms with van der Waals surface area (Å²) in [5.74, 6) is -0.850. The van der Waals surface area contributed by atoms with Crippen LogP contribution in [0.2, 0.25) is 0 Å². The first-order valence-electron chi connectivity index (χ1n) is 7.82. The molecule has 0 aliphatic carbocycles. The van der Waals surface area contributed by atoms with E-state index in [1.807, 2.05) is 30.3 Å². The Morgan fingerprint density at radius 1 is 1.28 bits per heavy atom. The van der Waals surface area contributed by atoms with Crippen molar-refractivity contribution in [3.8, 4) is 0 Å². The van der Waals surface area contributed by atoms with Crippen molar-refractivity contribution in [3.63, 3.8) is 0 Å². The first kappa shape index (κ1) is 19.1. The summed E-state index contributed by atoms with van der Waals surface area (Å²) in [4.78, 5) is 11.8. The topological polar surface area (TPSA) is 89.7 Å². The minimum Gasteiger partial charge on any atom is -0.469 e. The normalized spacial score (nSPS) is 13.0. The fraction of sp³-hybridized carbons (Fsp3) is 0.412. The summed E-state index contributed by atoms with van der Waals surface area (Å²) in [5, 5.41) is 3.73. The third-order valence-electron chi connectivity index (χ3n) is 3.85. The highest BCUT2D eigenvalue weighted by Crippen LogP contribution is 2.25. The molecule has 1 heterocycles. The van der Waals surface area contributed by atoms with Gasteiger partial charge in [0.2, 0.25) is 10.0 Å². The Morgan fingerprint density at radius 2 is 1.92 bits per heavy atom. The van der Waals surface area contributed by atoms with Gasteiger partial charge in [-0.25, -0.2) is 8.42 Å². The average molecular weight is 366 g/mol. The summed E-state index contributed by atoms with van der Waals surface area (Å²) in [7, 11) is -2.60. The third kappa shape index (κ3) is 4.26. The summed E-state index contributed by atoms with van der Waals surface area (Å²) in [5.41, 5.74) is 1.11. The van der Waals surface area contributed by atoms with Gasteiger partial charge in [0.1, 0.15) is 10.6 Å². The van der Waals surface area contributed by atoms with Crippen LogP contribution in [0.5, 0.6) is 0 Å². The summed E-state index contributed by atoms with van der Waals surface area (Å²) in [6.45, 7) is 4.89. The van der Waals surface area contributed by atoms with Gasteiger partial charge in [0.15, 0.2) is 5.76 Å². The minimum absolute atomic E-state index is 0.00599. The Morgan fingerprint density at radius 3 is 2.44 bits per heavy atom. The summed E-state index contributed by atoms with van der Waals surface area (Å²) >= 11 is 0. The molecule has 0 N–H and O–H groups in total. The molecule has 2 rings (SSSR count). The average Bonchev–Trinajstić information content (AvgIpc) is 2.93. The molecule has 1 aromatic heterocycles.